The van der Waals surface area contributed by atoms with Gasteiger partial charge in [0.1, 0.15) is 0 Å². The molecular weight excluding hydrogens is 248 g/mol. The number of anilines is 1. The van der Waals surface area contributed by atoms with Gasteiger partial charge in [0, 0.05) is 39.9 Å². The summed E-state index contributed by atoms with van der Waals surface area (Å²) in [6.07, 6.45) is 0. The fraction of sp³-hybridized carbons (Fsp3) is 0.417. The van der Waals surface area contributed by atoms with Crippen LogP contribution in [-0.2, 0) is 11.3 Å². The van der Waals surface area contributed by atoms with Gasteiger partial charge in [0.2, 0.25) is 5.95 Å². The van der Waals surface area contributed by atoms with Gasteiger partial charge in [0.05, 0.1) is 22.6 Å². The molecule has 7 heteroatoms. The number of nitro benzene ring substituents is 1. The molecule has 0 spiro atoms. The predicted octanol–water partition coefficient (Wildman–Crippen LogP) is 1.66. The number of hydrogen-bond acceptors (Lipinski definition) is 5. The number of imidazole rings is 1. The maximum atomic E-state index is 10.9. The molecule has 0 saturated heterocycles. The molecule has 0 amide bonds. The quantitative estimate of drug-likeness (QED) is 0.606. The minimum atomic E-state index is -0.400. The number of benzene rings is 1. The zero-order valence-electron chi connectivity index (χ0n) is 11.2. The van der Waals surface area contributed by atoms with Gasteiger partial charge in [-0.25, -0.2) is 4.98 Å². The summed E-state index contributed by atoms with van der Waals surface area (Å²) in [4.78, 5) is 16.8. The normalized spacial score (nSPS) is 10.9. The van der Waals surface area contributed by atoms with Crippen molar-refractivity contribution in [2.75, 3.05) is 32.7 Å². The fourth-order valence-electron chi connectivity index (χ4n) is 1.96. The Morgan fingerprint density at radius 3 is 2.79 bits per heavy atom. The highest BCUT2D eigenvalue weighted by atomic mass is 16.6. The molecule has 7 nitrogen and oxygen atoms in total. The molecule has 0 bridgehead atoms. The van der Waals surface area contributed by atoms with Gasteiger partial charge in [-0.1, -0.05) is 0 Å². The van der Waals surface area contributed by atoms with E-state index in [-0.39, 0.29) is 5.69 Å². The number of hydrogen-bond donors (Lipinski definition) is 0. The molecule has 1 aromatic heterocycles. The predicted molar refractivity (Wildman–Crippen MR) is 72.6 cm³/mol. The van der Waals surface area contributed by atoms with Crippen LogP contribution in [0.4, 0.5) is 11.6 Å². The lowest BCUT2D eigenvalue weighted by Crippen LogP contribution is -2.17. The Labute approximate surface area is 110 Å². The summed E-state index contributed by atoms with van der Waals surface area (Å²) >= 11 is 0. The van der Waals surface area contributed by atoms with E-state index < -0.39 is 4.92 Å². The first-order valence-electron chi connectivity index (χ1n) is 5.85. The van der Waals surface area contributed by atoms with Crippen molar-refractivity contribution in [2.45, 2.75) is 6.54 Å². The monoisotopic (exact) mass is 264 g/mol. The van der Waals surface area contributed by atoms with Crippen molar-refractivity contribution in [3.05, 3.63) is 28.3 Å². The zero-order chi connectivity index (χ0) is 14.0. The summed E-state index contributed by atoms with van der Waals surface area (Å²) in [6.45, 7) is 1.12. The lowest BCUT2D eigenvalue weighted by atomic mass is 10.3. The molecule has 0 aliphatic rings. The van der Waals surface area contributed by atoms with Crippen LogP contribution in [0.2, 0.25) is 0 Å². The first-order valence-corrected chi connectivity index (χ1v) is 5.85. The van der Waals surface area contributed by atoms with E-state index in [1.807, 2.05) is 23.6 Å². The van der Waals surface area contributed by atoms with Crippen LogP contribution in [0.25, 0.3) is 11.0 Å². The van der Waals surface area contributed by atoms with Crippen LogP contribution in [0.15, 0.2) is 18.2 Å². The van der Waals surface area contributed by atoms with Crippen molar-refractivity contribution >= 4 is 22.7 Å². The first-order chi connectivity index (χ1) is 9.04. The van der Waals surface area contributed by atoms with Crippen LogP contribution in [0.3, 0.4) is 0 Å². The summed E-state index contributed by atoms with van der Waals surface area (Å²) in [5, 5.41) is 10.9. The van der Waals surface area contributed by atoms with Crippen molar-refractivity contribution in [1.29, 1.82) is 0 Å². The van der Waals surface area contributed by atoms with Gasteiger partial charge in [-0.05, 0) is 6.07 Å². The second-order valence-electron chi connectivity index (χ2n) is 4.38. The van der Waals surface area contributed by atoms with E-state index in [1.54, 1.807) is 19.2 Å². The number of fused-ring (bicyclic) bond motifs is 1. The molecule has 2 rings (SSSR count). The average molecular weight is 264 g/mol. The van der Waals surface area contributed by atoms with E-state index >= 15 is 0 Å². The maximum absolute atomic E-state index is 10.9. The lowest BCUT2D eigenvalue weighted by Gasteiger charge is -2.14. The van der Waals surface area contributed by atoms with Crippen LogP contribution in [0, 0.1) is 10.1 Å². The molecule has 19 heavy (non-hydrogen) atoms. The number of aromatic nitrogens is 2. The Balaban J connectivity index is 2.59. The van der Waals surface area contributed by atoms with E-state index in [0.29, 0.717) is 13.2 Å². The van der Waals surface area contributed by atoms with Gasteiger partial charge >= 0.3 is 0 Å². The van der Waals surface area contributed by atoms with Crippen molar-refractivity contribution in [1.82, 2.24) is 9.55 Å². The maximum Gasteiger partial charge on any atom is 0.271 e. The van der Waals surface area contributed by atoms with Gasteiger partial charge in [-0.15, -0.1) is 0 Å². The number of ether oxygens (including phenoxy) is 1. The van der Waals surface area contributed by atoms with Crippen LogP contribution in [0.1, 0.15) is 0 Å². The van der Waals surface area contributed by atoms with Crippen molar-refractivity contribution in [3.63, 3.8) is 0 Å². The third-order valence-electron chi connectivity index (χ3n) is 2.84. The second-order valence-corrected chi connectivity index (χ2v) is 4.38. The van der Waals surface area contributed by atoms with E-state index in [4.69, 9.17) is 4.74 Å². The molecular formula is C12H16N4O3. The number of methoxy groups -OCH3 is 1. The fourth-order valence-corrected chi connectivity index (χ4v) is 1.96. The third kappa shape index (κ3) is 2.50. The van der Waals surface area contributed by atoms with Gasteiger partial charge < -0.3 is 14.2 Å². The van der Waals surface area contributed by atoms with Crippen LogP contribution >= 0.6 is 0 Å². The molecule has 1 heterocycles. The molecule has 0 aliphatic heterocycles. The van der Waals surface area contributed by atoms with E-state index in [2.05, 4.69) is 4.98 Å². The highest BCUT2D eigenvalue weighted by Gasteiger charge is 2.15. The summed E-state index contributed by atoms with van der Waals surface area (Å²) < 4.78 is 7.00. The SMILES string of the molecule is COCCn1c(N(C)C)nc2ccc([N+](=O)[O-])cc21. The summed E-state index contributed by atoms with van der Waals surface area (Å²) in [5.41, 5.74) is 1.55. The van der Waals surface area contributed by atoms with Crippen LogP contribution in [-0.4, -0.2) is 42.3 Å². The first kappa shape index (κ1) is 13.3. The van der Waals surface area contributed by atoms with Gasteiger partial charge in [0.15, 0.2) is 0 Å². The molecule has 0 fully saturated rings. The zero-order valence-corrected chi connectivity index (χ0v) is 11.2. The Morgan fingerprint density at radius 2 is 2.21 bits per heavy atom. The van der Waals surface area contributed by atoms with Gasteiger partial charge in [-0.3, -0.25) is 10.1 Å². The van der Waals surface area contributed by atoms with Crippen molar-refractivity contribution in [3.8, 4) is 0 Å². The minimum absolute atomic E-state index is 0.0661. The molecule has 102 valence electrons. The largest absolute Gasteiger partial charge is 0.383 e. The number of non-ortho nitro benzene ring substituents is 1. The third-order valence-corrected chi connectivity index (χ3v) is 2.84. The molecule has 0 unspecified atom stereocenters. The number of nitro groups is 1. The Bertz CT molecular complexity index is 606. The smallest absolute Gasteiger partial charge is 0.271 e. The van der Waals surface area contributed by atoms with Crippen LogP contribution < -0.4 is 4.90 Å². The summed E-state index contributed by atoms with van der Waals surface area (Å²) in [6, 6.07) is 4.68. The Kier molecular flexibility index (Phi) is 3.66. The van der Waals surface area contributed by atoms with E-state index in [0.717, 1.165) is 17.0 Å². The van der Waals surface area contributed by atoms with E-state index in [9.17, 15) is 10.1 Å². The average Bonchev–Trinajstić information content (AvgIpc) is 2.74. The highest BCUT2D eigenvalue weighted by Crippen LogP contribution is 2.25. The highest BCUT2D eigenvalue weighted by molar-refractivity contribution is 5.81. The summed E-state index contributed by atoms with van der Waals surface area (Å²) in [5.74, 6) is 0.757. The Morgan fingerprint density at radius 1 is 1.47 bits per heavy atom. The molecule has 0 radical (unpaired) electrons. The number of rotatable bonds is 5. The minimum Gasteiger partial charge on any atom is -0.383 e. The molecule has 0 N–H and O–H groups in total. The molecule has 0 saturated carbocycles. The van der Waals surface area contributed by atoms with E-state index in [1.165, 1.54) is 6.07 Å². The lowest BCUT2D eigenvalue weighted by molar-refractivity contribution is -0.384. The molecule has 0 atom stereocenters. The topological polar surface area (TPSA) is 73.4 Å². The van der Waals surface area contributed by atoms with Crippen LogP contribution in [0.5, 0.6) is 0 Å². The van der Waals surface area contributed by atoms with Gasteiger partial charge in [-0.2, -0.15) is 0 Å². The standard InChI is InChI=1S/C12H16N4O3/c1-14(2)12-13-10-5-4-9(16(17)18)8-11(10)15(12)6-7-19-3/h4-5,8H,6-7H2,1-3H3. The Hall–Kier alpha value is -2.15. The van der Waals surface area contributed by atoms with Crippen molar-refractivity contribution in [2.24, 2.45) is 0 Å². The van der Waals surface area contributed by atoms with Gasteiger partial charge in [0.25, 0.3) is 5.69 Å². The van der Waals surface area contributed by atoms with Crippen molar-refractivity contribution < 1.29 is 9.66 Å². The molecule has 1 aromatic carbocycles. The number of nitrogens with zero attached hydrogens (tertiary/aromatic N) is 4. The molecule has 2 aromatic rings. The second kappa shape index (κ2) is 5.23. The summed E-state index contributed by atoms with van der Waals surface area (Å²) in [7, 11) is 5.40. The molecule has 0 aliphatic carbocycles.